The predicted octanol–water partition coefficient (Wildman–Crippen LogP) is 3.33. The number of nitrogen functional groups attached to an aromatic ring is 1. The minimum absolute atomic E-state index is 0.358. The third-order valence-corrected chi connectivity index (χ3v) is 4.36. The first-order chi connectivity index (χ1) is 15.5. The molecule has 1 aliphatic carbocycles. The van der Waals surface area contributed by atoms with Gasteiger partial charge in [0.1, 0.15) is 17.5 Å². The molecule has 0 unspecified atom stereocenters. The molecule has 0 spiro atoms. The fraction of sp³-hybridized carbons (Fsp3) is 0.348. The zero-order chi connectivity index (χ0) is 23.5. The van der Waals surface area contributed by atoms with Gasteiger partial charge in [-0.25, -0.2) is 20.8 Å². The highest BCUT2D eigenvalue weighted by molar-refractivity contribution is 5.93. The van der Waals surface area contributed by atoms with Gasteiger partial charge >= 0.3 is 0 Å². The van der Waals surface area contributed by atoms with Crippen molar-refractivity contribution < 1.29 is 0 Å². The summed E-state index contributed by atoms with van der Waals surface area (Å²) in [5.41, 5.74) is 14.0. The third-order valence-electron chi connectivity index (χ3n) is 4.36. The maximum Gasteiger partial charge on any atom is 0.133 e. The van der Waals surface area contributed by atoms with Crippen molar-refractivity contribution in [3.63, 3.8) is 0 Å². The van der Waals surface area contributed by atoms with Crippen molar-refractivity contribution in [2.45, 2.75) is 39.7 Å². The van der Waals surface area contributed by atoms with Gasteiger partial charge in [0, 0.05) is 37.6 Å². The van der Waals surface area contributed by atoms with Gasteiger partial charge in [0.25, 0.3) is 0 Å². The first kappa shape index (κ1) is 24.8. The molecular weight excluding hydrogens is 402 g/mol. The second kappa shape index (κ2) is 12.4. The zero-order valence-electron chi connectivity index (χ0n) is 19.4. The standard InChI is InChI=1S/C18H23N9.C3H6.C2H6/c1-22-9-11-3-4-23-16(5-11)26-17-7-12-6-14(15(8-19)27(2)21)25-18(20)13(12)10-24-17;1-2-3-1;1-2/h3-8,10,22H,9,19,21H2,1-2H3,(H2,20,25)(H,23,24,26);1-3H2;1-2H3/b15-8-;;. The number of hydrogen-bond donors (Lipinski definition) is 5. The highest BCUT2D eigenvalue weighted by atomic mass is 15.4. The van der Waals surface area contributed by atoms with Crippen molar-refractivity contribution in [2.75, 3.05) is 25.1 Å². The summed E-state index contributed by atoms with van der Waals surface area (Å²) in [6.07, 6.45) is 9.33. The maximum absolute atomic E-state index is 6.09. The molecule has 1 saturated carbocycles. The van der Waals surface area contributed by atoms with Crippen molar-refractivity contribution in [2.24, 2.45) is 11.6 Å². The molecule has 0 aliphatic heterocycles. The molecule has 9 nitrogen and oxygen atoms in total. The quantitative estimate of drug-likeness (QED) is 0.290. The lowest BCUT2D eigenvalue weighted by Gasteiger charge is -2.16. The number of fused-ring (bicyclic) bond motifs is 1. The Morgan fingerprint density at radius 1 is 1.12 bits per heavy atom. The monoisotopic (exact) mass is 437 g/mol. The van der Waals surface area contributed by atoms with E-state index in [2.05, 4.69) is 25.6 Å². The van der Waals surface area contributed by atoms with E-state index in [1.165, 1.54) is 30.5 Å². The summed E-state index contributed by atoms with van der Waals surface area (Å²) in [7, 11) is 3.58. The summed E-state index contributed by atoms with van der Waals surface area (Å²) in [6.45, 7) is 4.76. The Bertz CT molecular complexity index is 1030. The summed E-state index contributed by atoms with van der Waals surface area (Å²) < 4.78 is 0. The molecule has 3 heterocycles. The van der Waals surface area contributed by atoms with Gasteiger partial charge in [0.05, 0.1) is 11.4 Å². The SMILES string of the molecule is C1CC1.CC.CNCc1ccnc(Nc2cc3cc(/C(=C/N)N(C)N)nc(N)c3cn2)c1. The molecule has 9 heteroatoms. The van der Waals surface area contributed by atoms with Crippen molar-refractivity contribution in [3.05, 3.63) is 54.1 Å². The Morgan fingerprint density at radius 2 is 1.81 bits per heavy atom. The molecule has 172 valence electrons. The Kier molecular flexibility index (Phi) is 9.65. The number of pyridine rings is 3. The molecule has 0 atom stereocenters. The van der Waals surface area contributed by atoms with Crippen LogP contribution in [0.5, 0.6) is 0 Å². The van der Waals surface area contributed by atoms with Crippen LogP contribution in [-0.2, 0) is 6.54 Å². The Hall–Kier alpha value is -3.43. The minimum Gasteiger partial charge on any atom is -0.403 e. The number of anilines is 3. The Balaban J connectivity index is 0.000000653. The molecule has 4 rings (SSSR count). The fourth-order valence-electron chi connectivity index (χ4n) is 2.75. The van der Waals surface area contributed by atoms with E-state index < -0.39 is 0 Å². The molecule has 0 saturated heterocycles. The second-order valence-corrected chi connectivity index (χ2v) is 7.11. The van der Waals surface area contributed by atoms with Crippen LogP contribution in [0, 0.1) is 0 Å². The van der Waals surface area contributed by atoms with E-state index in [0.717, 1.165) is 22.9 Å². The summed E-state index contributed by atoms with van der Waals surface area (Å²) in [5, 5.41) is 9.33. The summed E-state index contributed by atoms with van der Waals surface area (Å²) in [6, 6.07) is 7.67. The first-order valence-corrected chi connectivity index (χ1v) is 10.9. The van der Waals surface area contributed by atoms with Crippen LogP contribution in [0.1, 0.15) is 44.4 Å². The van der Waals surface area contributed by atoms with Gasteiger partial charge in [-0.05, 0) is 42.3 Å². The van der Waals surface area contributed by atoms with Crippen molar-refractivity contribution in [1.29, 1.82) is 0 Å². The van der Waals surface area contributed by atoms with Crippen molar-refractivity contribution in [3.8, 4) is 0 Å². The van der Waals surface area contributed by atoms with Crippen LogP contribution in [0.4, 0.5) is 17.5 Å². The highest BCUT2D eigenvalue weighted by Gasteiger charge is 2.11. The second-order valence-electron chi connectivity index (χ2n) is 7.11. The number of hydrazine groups is 1. The van der Waals surface area contributed by atoms with Crippen LogP contribution in [-0.4, -0.2) is 34.1 Å². The lowest BCUT2D eigenvalue weighted by Crippen LogP contribution is -2.25. The average Bonchev–Trinajstić information content (AvgIpc) is 3.65. The molecule has 0 bridgehead atoms. The van der Waals surface area contributed by atoms with Crippen LogP contribution >= 0.6 is 0 Å². The van der Waals surface area contributed by atoms with Crippen LogP contribution in [0.2, 0.25) is 0 Å². The molecule has 1 fully saturated rings. The van der Waals surface area contributed by atoms with Gasteiger partial charge in [0.15, 0.2) is 0 Å². The number of nitrogens with two attached hydrogens (primary N) is 3. The summed E-state index contributed by atoms with van der Waals surface area (Å²) in [4.78, 5) is 13.1. The number of nitrogens with zero attached hydrogens (tertiary/aromatic N) is 4. The highest BCUT2D eigenvalue weighted by Crippen LogP contribution is 2.26. The summed E-state index contributed by atoms with van der Waals surface area (Å²) >= 11 is 0. The van der Waals surface area contributed by atoms with E-state index in [1.807, 2.05) is 45.2 Å². The van der Waals surface area contributed by atoms with E-state index in [4.69, 9.17) is 17.3 Å². The minimum atomic E-state index is 0.358. The fourth-order valence-corrected chi connectivity index (χ4v) is 2.75. The maximum atomic E-state index is 6.09. The van der Waals surface area contributed by atoms with Crippen LogP contribution < -0.4 is 27.9 Å². The van der Waals surface area contributed by atoms with Gasteiger partial charge in [-0.1, -0.05) is 33.1 Å². The molecular formula is C23H35N9. The van der Waals surface area contributed by atoms with Crippen molar-refractivity contribution >= 4 is 33.9 Å². The van der Waals surface area contributed by atoms with Crippen LogP contribution in [0.3, 0.4) is 0 Å². The van der Waals surface area contributed by atoms with E-state index in [-0.39, 0.29) is 0 Å². The van der Waals surface area contributed by atoms with E-state index in [9.17, 15) is 0 Å². The largest absolute Gasteiger partial charge is 0.403 e. The Morgan fingerprint density at radius 3 is 2.41 bits per heavy atom. The predicted molar refractivity (Wildman–Crippen MR) is 134 cm³/mol. The normalized spacial score (nSPS) is 12.2. The third kappa shape index (κ3) is 7.07. The molecule has 0 amide bonds. The molecule has 8 N–H and O–H groups in total. The van der Waals surface area contributed by atoms with Gasteiger partial charge in [-0.2, -0.15) is 0 Å². The lowest BCUT2D eigenvalue weighted by atomic mass is 10.1. The molecule has 3 aromatic heterocycles. The molecule has 32 heavy (non-hydrogen) atoms. The van der Waals surface area contributed by atoms with E-state index in [0.29, 0.717) is 28.8 Å². The average molecular weight is 438 g/mol. The number of aromatic nitrogens is 3. The molecule has 0 radical (unpaired) electrons. The van der Waals surface area contributed by atoms with Crippen LogP contribution in [0.15, 0.2) is 42.9 Å². The lowest BCUT2D eigenvalue weighted by molar-refractivity contribution is 0.508. The van der Waals surface area contributed by atoms with Gasteiger partial charge < -0.3 is 27.1 Å². The smallest absolute Gasteiger partial charge is 0.133 e. The number of rotatable bonds is 6. The van der Waals surface area contributed by atoms with Crippen LogP contribution in [0.25, 0.3) is 16.5 Å². The molecule has 0 aromatic carbocycles. The molecule has 1 aliphatic rings. The topological polar surface area (TPSA) is 144 Å². The zero-order valence-corrected chi connectivity index (χ0v) is 19.4. The van der Waals surface area contributed by atoms with E-state index >= 15 is 0 Å². The number of nitrogens with one attached hydrogen (secondary N) is 2. The van der Waals surface area contributed by atoms with Gasteiger partial charge in [-0.15, -0.1) is 0 Å². The van der Waals surface area contributed by atoms with E-state index in [1.54, 1.807) is 19.4 Å². The number of hydrogen-bond acceptors (Lipinski definition) is 9. The molecule has 3 aromatic rings. The van der Waals surface area contributed by atoms with Crippen molar-refractivity contribution in [1.82, 2.24) is 25.3 Å². The van der Waals surface area contributed by atoms with Gasteiger partial charge in [0.2, 0.25) is 0 Å². The Labute approximate surface area is 190 Å². The first-order valence-electron chi connectivity index (χ1n) is 10.9. The summed E-state index contributed by atoms with van der Waals surface area (Å²) in [5.74, 6) is 7.52. The van der Waals surface area contributed by atoms with Gasteiger partial charge in [-0.3, -0.25) is 0 Å².